The summed E-state index contributed by atoms with van der Waals surface area (Å²) in [5.74, 6) is 0.756. The van der Waals surface area contributed by atoms with Gasteiger partial charge in [-0.2, -0.15) is 0 Å². The molecule has 2 aromatic carbocycles. The van der Waals surface area contributed by atoms with Crippen LogP contribution in [0.1, 0.15) is 40.5 Å². The molecule has 6 heteroatoms. The summed E-state index contributed by atoms with van der Waals surface area (Å²) in [6, 6.07) is 18.0. The summed E-state index contributed by atoms with van der Waals surface area (Å²) in [6.07, 6.45) is 3.68. The van der Waals surface area contributed by atoms with Crippen molar-refractivity contribution in [3.63, 3.8) is 0 Å². The molecule has 1 unspecified atom stereocenters. The fraction of sp³-hybridized carbons (Fsp3) is 0.286. The number of carbonyl (C=O) groups excluding carboxylic acids is 1. The number of ether oxygens (including phenoxy) is 1. The zero-order valence-corrected chi connectivity index (χ0v) is 15.3. The second-order valence-electron chi connectivity index (χ2n) is 6.72. The lowest BCUT2D eigenvalue weighted by molar-refractivity contribution is 0.0729. The molecule has 2 heterocycles. The van der Waals surface area contributed by atoms with Gasteiger partial charge in [-0.3, -0.25) is 4.79 Å². The van der Waals surface area contributed by atoms with Crippen molar-refractivity contribution in [1.82, 2.24) is 19.9 Å². The maximum atomic E-state index is 13.0. The molecule has 138 valence electrons. The van der Waals surface area contributed by atoms with E-state index in [9.17, 15) is 4.79 Å². The molecule has 0 aliphatic carbocycles. The Morgan fingerprint density at radius 1 is 1.15 bits per heavy atom. The fourth-order valence-corrected chi connectivity index (χ4v) is 3.57. The van der Waals surface area contributed by atoms with Crippen molar-refractivity contribution in [1.29, 1.82) is 0 Å². The Morgan fingerprint density at radius 2 is 1.93 bits per heavy atom. The number of aromatic nitrogens is 3. The average Bonchev–Trinajstić information content (AvgIpc) is 3.38. The second-order valence-corrected chi connectivity index (χ2v) is 6.72. The van der Waals surface area contributed by atoms with Gasteiger partial charge in [0, 0.05) is 6.54 Å². The van der Waals surface area contributed by atoms with Crippen molar-refractivity contribution in [2.45, 2.75) is 25.4 Å². The van der Waals surface area contributed by atoms with E-state index in [-0.39, 0.29) is 11.9 Å². The third kappa shape index (κ3) is 3.69. The molecule has 0 bridgehead atoms. The molecule has 1 aliphatic rings. The van der Waals surface area contributed by atoms with Crippen LogP contribution in [0.25, 0.3) is 0 Å². The molecule has 6 nitrogen and oxygen atoms in total. The van der Waals surface area contributed by atoms with Crippen molar-refractivity contribution < 1.29 is 9.53 Å². The summed E-state index contributed by atoms with van der Waals surface area (Å²) in [7, 11) is 1.65. The molecular weight excluding hydrogens is 340 g/mol. The second kappa shape index (κ2) is 7.61. The van der Waals surface area contributed by atoms with Gasteiger partial charge in [0.15, 0.2) is 5.69 Å². The van der Waals surface area contributed by atoms with E-state index in [2.05, 4.69) is 10.3 Å². The first-order valence-electron chi connectivity index (χ1n) is 9.13. The van der Waals surface area contributed by atoms with E-state index in [0.29, 0.717) is 12.2 Å². The lowest BCUT2D eigenvalue weighted by Crippen LogP contribution is -2.30. The molecule has 1 saturated heterocycles. The van der Waals surface area contributed by atoms with E-state index in [1.807, 2.05) is 59.5 Å². The smallest absolute Gasteiger partial charge is 0.276 e. The zero-order chi connectivity index (χ0) is 18.6. The number of likely N-dealkylation sites (tertiary alicyclic amines) is 1. The van der Waals surface area contributed by atoms with Crippen LogP contribution in [-0.4, -0.2) is 39.5 Å². The number of amides is 1. The van der Waals surface area contributed by atoms with Crippen LogP contribution in [0.4, 0.5) is 0 Å². The highest BCUT2D eigenvalue weighted by molar-refractivity contribution is 5.92. The van der Waals surface area contributed by atoms with E-state index in [4.69, 9.17) is 4.74 Å². The lowest BCUT2D eigenvalue weighted by atomic mass is 10.0. The minimum Gasteiger partial charge on any atom is -0.497 e. The first-order valence-corrected chi connectivity index (χ1v) is 9.13. The predicted octanol–water partition coefficient (Wildman–Crippen LogP) is 3.31. The standard InChI is InChI=1S/C21H22N4O2/c1-27-18-11-9-17(10-12-18)20-8-5-13-25(20)21(26)19-15-24(23-22-19)14-16-6-3-2-4-7-16/h2-4,6-7,9-12,15,20H,5,8,13-14H2,1H3. The molecule has 0 saturated carbocycles. The van der Waals surface area contributed by atoms with Crippen LogP contribution in [0.15, 0.2) is 60.8 Å². The van der Waals surface area contributed by atoms with E-state index < -0.39 is 0 Å². The van der Waals surface area contributed by atoms with Gasteiger partial charge in [0.2, 0.25) is 0 Å². The summed E-state index contributed by atoms with van der Waals surface area (Å²) in [5, 5.41) is 8.24. The molecule has 4 rings (SSSR count). The largest absolute Gasteiger partial charge is 0.497 e. The molecule has 1 aliphatic heterocycles. The first kappa shape index (κ1) is 17.3. The zero-order valence-electron chi connectivity index (χ0n) is 15.3. The lowest BCUT2D eigenvalue weighted by Gasteiger charge is -2.24. The summed E-state index contributed by atoms with van der Waals surface area (Å²) in [4.78, 5) is 14.9. The third-order valence-corrected chi connectivity index (χ3v) is 4.96. The van der Waals surface area contributed by atoms with Crippen molar-refractivity contribution in [3.8, 4) is 5.75 Å². The van der Waals surface area contributed by atoms with Crippen LogP contribution in [-0.2, 0) is 6.54 Å². The van der Waals surface area contributed by atoms with Gasteiger partial charge < -0.3 is 9.64 Å². The van der Waals surface area contributed by atoms with Gasteiger partial charge in [0.25, 0.3) is 5.91 Å². The Kier molecular flexibility index (Phi) is 4.87. The van der Waals surface area contributed by atoms with Crippen molar-refractivity contribution >= 4 is 5.91 Å². The SMILES string of the molecule is COc1ccc(C2CCCN2C(=O)c2cn(Cc3ccccc3)nn2)cc1. The van der Waals surface area contributed by atoms with E-state index in [1.165, 1.54) is 0 Å². The van der Waals surface area contributed by atoms with Crippen LogP contribution in [0, 0.1) is 0 Å². The number of nitrogens with zero attached hydrogens (tertiary/aromatic N) is 4. The van der Waals surface area contributed by atoms with Gasteiger partial charge in [-0.1, -0.05) is 47.7 Å². The van der Waals surface area contributed by atoms with Crippen LogP contribution >= 0.6 is 0 Å². The number of benzene rings is 2. The predicted molar refractivity (Wildman–Crippen MR) is 102 cm³/mol. The van der Waals surface area contributed by atoms with Crippen molar-refractivity contribution in [2.75, 3.05) is 13.7 Å². The summed E-state index contributed by atoms with van der Waals surface area (Å²) in [5.41, 5.74) is 2.64. The van der Waals surface area contributed by atoms with Gasteiger partial charge in [-0.25, -0.2) is 4.68 Å². The van der Waals surface area contributed by atoms with Crippen LogP contribution in [0.3, 0.4) is 0 Å². The summed E-state index contributed by atoms with van der Waals surface area (Å²) >= 11 is 0. The Morgan fingerprint density at radius 3 is 2.67 bits per heavy atom. The average molecular weight is 362 g/mol. The van der Waals surface area contributed by atoms with Crippen LogP contribution in [0.2, 0.25) is 0 Å². The molecule has 3 aromatic rings. The minimum absolute atomic E-state index is 0.0624. The van der Waals surface area contributed by atoms with Crippen molar-refractivity contribution in [3.05, 3.63) is 77.6 Å². The van der Waals surface area contributed by atoms with Gasteiger partial charge in [0.05, 0.1) is 25.9 Å². The number of hydrogen-bond acceptors (Lipinski definition) is 4. The topological polar surface area (TPSA) is 60.2 Å². The molecule has 0 N–H and O–H groups in total. The normalized spacial score (nSPS) is 16.5. The highest BCUT2D eigenvalue weighted by Gasteiger charge is 2.31. The third-order valence-electron chi connectivity index (χ3n) is 4.96. The summed E-state index contributed by atoms with van der Waals surface area (Å²) in [6.45, 7) is 1.34. The molecule has 1 aromatic heterocycles. The molecule has 1 atom stereocenters. The Hall–Kier alpha value is -3.15. The fourth-order valence-electron chi connectivity index (χ4n) is 3.57. The van der Waals surface area contributed by atoms with E-state index in [1.54, 1.807) is 18.0 Å². The maximum Gasteiger partial charge on any atom is 0.276 e. The molecule has 0 spiro atoms. The molecule has 0 radical (unpaired) electrons. The Balaban J connectivity index is 1.49. The minimum atomic E-state index is -0.0624. The molecule has 27 heavy (non-hydrogen) atoms. The van der Waals surface area contributed by atoms with Crippen molar-refractivity contribution in [2.24, 2.45) is 0 Å². The first-order chi connectivity index (χ1) is 13.2. The van der Waals surface area contributed by atoms with E-state index in [0.717, 1.165) is 36.3 Å². The molecular formula is C21H22N4O2. The number of rotatable bonds is 5. The quantitative estimate of drug-likeness (QED) is 0.699. The Bertz CT molecular complexity index is 905. The summed E-state index contributed by atoms with van der Waals surface area (Å²) < 4.78 is 6.93. The number of methoxy groups -OCH3 is 1. The Labute approximate surface area is 158 Å². The highest BCUT2D eigenvalue weighted by Crippen LogP contribution is 2.33. The maximum absolute atomic E-state index is 13.0. The van der Waals surface area contributed by atoms with Crippen LogP contribution in [0.5, 0.6) is 5.75 Å². The van der Waals surface area contributed by atoms with Gasteiger partial charge in [-0.15, -0.1) is 5.10 Å². The number of carbonyl (C=O) groups is 1. The van der Waals surface area contributed by atoms with Crippen LogP contribution < -0.4 is 4.74 Å². The van der Waals surface area contributed by atoms with Gasteiger partial charge >= 0.3 is 0 Å². The number of hydrogen-bond donors (Lipinski definition) is 0. The highest BCUT2D eigenvalue weighted by atomic mass is 16.5. The monoisotopic (exact) mass is 362 g/mol. The molecule has 1 fully saturated rings. The molecule has 1 amide bonds. The van der Waals surface area contributed by atoms with E-state index >= 15 is 0 Å². The van der Waals surface area contributed by atoms with Gasteiger partial charge in [0.1, 0.15) is 5.75 Å². The van der Waals surface area contributed by atoms with Gasteiger partial charge in [-0.05, 0) is 36.1 Å².